The van der Waals surface area contributed by atoms with Crippen LogP contribution in [0.2, 0.25) is 0 Å². The lowest BCUT2D eigenvalue weighted by Crippen LogP contribution is -2.48. The number of hydrogen-bond donors (Lipinski definition) is 2. The SMILES string of the molecule is CN=C(NCC1CCC(C(F)(F)F)CC1)NC1CN(C2CC2)CC1C. The first-order valence-corrected chi connectivity index (χ1v) is 9.64. The van der Waals surface area contributed by atoms with Crippen LogP contribution in [0.3, 0.4) is 0 Å². The molecular weight excluding hydrogens is 329 g/mol. The van der Waals surface area contributed by atoms with Gasteiger partial charge in [0.2, 0.25) is 0 Å². The van der Waals surface area contributed by atoms with Crippen molar-refractivity contribution in [1.82, 2.24) is 15.5 Å². The highest BCUT2D eigenvalue weighted by atomic mass is 19.4. The monoisotopic (exact) mass is 360 g/mol. The molecule has 0 spiro atoms. The molecule has 3 fully saturated rings. The van der Waals surface area contributed by atoms with E-state index in [1.807, 2.05) is 0 Å². The van der Waals surface area contributed by atoms with Crippen LogP contribution < -0.4 is 10.6 Å². The van der Waals surface area contributed by atoms with Gasteiger partial charge in [0, 0.05) is 38.8 Å². The van der Waals surface area contributed by atoms with Crippen molar-refractivity contribution in [3.05, 3.63) is 0 Å². The molecule has 1 aliphatic heterocycles. The highest BCUT2D eigenvalue weighted by Gasteiger charge is 2.41. The zero-order valence-corrected chi connectivity index (χ0v) is 15.3. The molecule has 1 heterocycles. The average molecular weight is 360 g/mol. The Labute approximate surface area is 148 Å². The standard InChI is InChI=1S/C18H31F3N4/c1-12-10-25(15-7-8-15)11-16(12)24-17(22-2)23-9-13-3-5-14(6-4-13)18(19,20)21/h12-16H,3-11H2,1-2H3,(H2,22,23,24). The van der Waals surface area contributed by atoms with Crippen LogP contribution in [-0.4, -0.2) is 55.8 Å². The predicted octanol–water partition coefficient (Wildman–Crippen LogP) is 3.00. The van der Waals surface area contributed by atoms with Crippen molar-refractivity contribution in [2.45, 2.75) is 63.7 Å². The summed E-state index contributed by atoms with van der Waals surface area (Å²) in [6.07, 6.45) is 0.435. The molecule has 0 bridgehead atoms. The van der Waals surface area contributed by atoms with Gasteiger partial charge in [0.1, 0.15) is 0 Å². The third kappa shape index (κ3) is 5.02. The van der Waals surface area contributed by atoms with Crippen molar-refractivity contribution in [2.75, 3.05) is 26.7 Å². The maximum atomic E-state index is 12.7. The molecule has 2 N–H and O–H groups in total. The first-order valence-electron chi connectivity index (χ1n) is 9.64. The first kappa shape index (κ1) is 18.8. The van der Waals surface area contributed by atoms with Crippen molar-refractivity contribution in [3.63, 3.8) is 0 Å². The average Bonchev–Trinajstić information content (AvgIpc) is 3.35. The molecule has 3 aliphatic rings. The van der Waals surface area contributed by atoms with E-state index in [0.717, 1.165) is 25.1 Å². The van der Waals surface area contributed by atoms with Crippen molar-refractivity contribution in [3.8, 4) is 0 Å². The van der Waals surface area contributed by atoms with Crippen LogP contribution in [0.4, 0.5) is 13.2 Å². The molecule has 25 heavy (non-hydrogen) atoms. The predicted molar refractivity (Wildman–Crippen MR) is 93.5 cm³/mol. The van der Waals surface area contributed by atoms with Gasteiger partial charge >= 0.3 is 6.18 Å². The maximum absolute atomic E-state index is 12.7. The van der Waals surface area contributed by atoms with E-state index >= 15 is 0 Å². The molecule has 0 aromatic rings. The van der Waals surface area contributed by atoms with Gasteiger partial charge < -0.3 is 10.6 Å². The Hall–Kier alpha value is -0.980. The zero-order chi connectivity index (χ0) is 18.0. The fourth-order valence-electron chi connectivity index (χ4n) is 4.24. The second-order valence-corrected chi connectivity index (χ2v) is 8.13. The zero-order valence-electron chi connectivity index (χ0n) is 15.3. The normalized spacial score (nSPS) is 35.0. The van der Waals surface area contributed by atoms with Gasteiger partial charge in [0.25, 0.3) is 0 Å². The molecule has 0 aromatic carbocycles. The minimum absolute atomic E-state index is 0.262. The number of aliphatic imine (C=N–C) groups is 1. The molecule has 2 saturated carbocycles. The number of alkyl halides is 3. The highest BCUT2D eigenvalue weighted by Crippen LogP contribution is 2.39. The lowest BCUT2D eigenvalue weighted by molar-refractivity contribution is -0.183. The molecule has 1 saturated heterocycles. The Morgan fingerprint density at radius 1 is 1.08 bits per heavy atom. The van der Waals surface area contributed by atoms with Crippen molar-refractivity contribution in [2.24, 2.45) is 22.7 Å². The van der Waals surface area contributed by atoms with E-state index in [9.17, 15) is 13.2 Å². The second kappa shape index (κ2) is 7.72. The summed E-state index contributed by atoms with van der Waals surface area (Å²) in [6, 6.07) is 1.18. The topological polar surface area (TPSA) is 39.7 Å². The number of hydrogen-bond acceptors (Lipinski definition) is 2. The lowest BCUT2D eigenvalue weighted by Gasteiger charge is -2.30. The van der Waals surface area contributed by atoms with Gasteiger partial charge in [0.05, 0.1) is 5.92 Å². The molecule has 2 atom stereocenters. The van der Waals surface area contributed by atoms with Crippen LogP contribution in [0, 0.1) is 17.8 Å². The Morgan fingerprint density at radius 2 is 1.76 bits per heavy atom. The van der Waals surface area contributed by atoms with Gasteiger partial charge in [-0.3, -0.25) is 9.89 Å². The quantitative estimate of drug-likeness (QED) is 0.598. The third-order valence-electron chi connectivity index (χ3n) is 6.12. The van der Waals surface area contributed by atoms with Gasteiger partial charge in [-0.2, -0.15) is 13.2 Å². The highest BCUT2D eigenvalue weighted by molar-refractivity contribution is 5.80. The fraction of sp³-hybridized carbons (Fsp3) is 0.944. The minimum Gasteiger partial charge on any atom is -0.356 e. The molecule has 0 amide bonds. The molecule has 0 aromatic heterocycles. The van der Waals surface area contributed by atoms with E-state index in [0.29, 0.717) is 37.3 Å². The minimum atomic E-state index is -4.03. The molecule has 3 rings (SSSR count). The molecular formula is C18H31F3N4. The van der Waals surface area contributed by atoms with Gasteiger partial charge in [-0.15, -0.1) is 0 Å². The molecule has 144 valence electrons. The van der Waals surface area contributed by atoms with E-state index in [1.54, 1.807) is 7.05 Å². The molecule has 0 radical (unpaired) electrons. The van der Waals surface area contributed by atoms with Crippen LogP contribution >= 0.6 is 0 Å². The summed E-state index contributed by atoms with van der Waals surface area (Å²) in [4.78, 5) is 6.87. The lowest BCUT2D eigenvalue weighted by atomic mass is 9.81. The largest absolute Gasteiger partial charge is 0.391 e. The van der Waals surface area contributed by atoms with Gasteiger partial charge in [-0.25, -0.2) is 0 Å². The second-order valence-electron chi connectivity index (χ2n) is 8.13. The third-order valence-corrected chi connectivity index (χ3v) is 6.12. The molecule has 2 unspecified atom stereocenters. The Kier molecular flexibility index (Phi) is 5.81. The molecule has 2 aliphatic carbocycles. The van der Waals surface area contributed by atoms with Crippen molar-refractivity contribution < 1.29 is 13.2 Å². The van der Waals surface area contributed by atoms with Crippen molar-refractivity contribution in [1.29, 1.82) is 0 Å². The van der Waals surface area contributed by atoms with Crippen LogP contribution in [-0.2, 0) is 0 Å². The van der Waals surface area contributed by atoms with Gasteiger partial charge in [-0.05, 0) is 50.4 Å². The Bertz CT molecular complexity index is 467. The van der Waals surface area contributed by atoms with Gasteiger partial charge in [0.15, 0.2) is 5.96 Å². The summed E-state index contributed by atoms with van der Waals surface area (Å²) in [5, 5.41) is 6.86. The summed E-state index contributed by atoms with van der Waals surface area (Å²) in [6.45, 7) is 5.17. The Morgan fingerprint density at radius 3 is 2.32 bits per heavy atom. The first-order chi connectivity index (χ1) is 11.9. The van der Waals surface area contributed by atoms with E-state index in [4.69, 9.17) is 0 Å². The molecule has 4 nitrogen and oxygen atoms in total. The fourth-order valence-corrected chi connectivity index (χ4v) is 4.24. The molecule has 7 heteroatoms. The smallest absolute Gasteiger partial charge is 0.356 e. The van der Waals surface area contributed by atoms with E-state index in [1.165, 1.54) is 12.8 Å². The Balaban J connectivity index is 1.40. The summed E-state index contributed by atoms with van der Waals surface area (Å²) < 4.78 is 38.2. The van der Waals surface area contributed by atoms with Crippen LogP contribution in [0.15, 0.2) is 4.99 Å². The summed E-state index contributed by atoms with van der Waals surface area (Å²) >= 11 is 0. The maximum Gasteiger partial charge on any atom is 0.391 e. The van der Waals surface area contributed by atoms with Crippen LogP contribution in [0.25, 0.3) is 0 Å². The number of nitrogens with one attached hydrogen (secondary N) is 2. The number of rotatable bonds is 4. The van der Waals surface area contributed by atoms with E-state index in [2.05, 4.69) is 27.4 Å². The van der Waals surface area contributed by atoms with E-state index in [-0.39, 0.29) is 12.8 Å². The van der Waals surface area contributed by atoms with Crippen LogP contribution in [0.1, 0.15) is 45.4 Å². The number of halogens is 3. The summed E-state index contributed by atoms with van der Waals surface area (Å²) in [7, 11) is 1.76. The van der Waals surface area contributed by atoms with Crippen LogP contribution in [0.5, 0.6) is 0 Å². The number of likely N-dealkylation sites (tertiary alicyclic amines) is 1. The summed E-state index contributed by atoms with van der Waals surface area (Å²) in [5.41, 5.74) is 0. The number of guanidine groups is 1. The van der Waals surface area contributed by atoms with Crippen molar-refractivity contribution >= 4 is 5.96 Å². The van der Waals surface area contributed by atoms with E-state index < -0.39 is 12.1 Å². The van der Waals surface area contributed by atoms with Gasteiger partial charge in [-0.1, -0.05) is 6.92 Å². The summed E-state index contributed by atoms with van der Waals surface area (Å²) in [5.74, 6) is 0.573. The number of nitrogens with zero attached hydrogens (tertiary/aromatic N) is 2.